The maximum atomic E-state index is 13.0. The van der Waals surface area contributed by atoms with Crippen LogP contribution < -0.4 is 10.2 Å². The Bertz CT molecular complexity index is 601. The summed E-state index contributed by atoms with van der Waals surface area (Å²) in [6, 6.07) is 3.87. The summed E-state index contributed by atoms with van der Waals surface area (Å²) in [5.74, 6) is 3.36. The third kappa shape index (κ3) is 4.44. The van der Waals surface area contributed by atoms with E-state index in [2.05, 4.69) is 27.0 Å². The van der Waals surface area contributed by atoms with E-state index in [0.717, 1.165) is 75.3 Å². The Morgan fingerprint density at radius 2 is 1.81 bits per heavy atom. The van der Waals surface area contributed by atoms with E-state index in [1.165, 1.54) is 6.42 Å². The molecule has 3 saturated heterocycles. The van der Waals surface area contributed by atoms with Crippen LogP contribution in [0, 0.1) is 17.8 Å². The number of rotatable bonds is 2. The number of hydrogen-bond acceptors (Lipinski definition) is 4. The lowest BCUT2D eigenvalue weighted by molar-refractivity contribution is 0.0758. The van der Waals surface area contributed by atoms with Crippen molar-refractivity contribution in [2.24, 2.45) is 17.8 Å². The van der Waals surface area contributed by atoms with Gasteiger partial charge in [0.05, 0.1) is 0 Å². The second-order valence-electron chi connectivity index (χ2n) is 7.79. The highest BCUT2D eigenvalue weighted by atomic mass is 35.5. The first-order valence-corrected chi connectivity index (χ1v) is 9.41. The summed E-state index contributed by atoms with van der Waals surface area (Å²) in [4.78, 5) is 21.8. The molecule has 1 aromatic rings. The van der Waals surface area contributed by atoms with Gasteiger partial charge in [0.25, 0.3) is 5.91 Å². The molecule has 0 radical (unpaired) electrons. The molecule has 0 saturated carbocycles. The van der Waals surface area contributed by atoms with Crippen LogP contribution >= 0.6 is 24.8 Å². The number of pyridine rings is 1. The van der Waals surface area contributed by atoms with Crippen LogP contribution in [-0.2, 0) is 0 Å². The van der Waals surface area contributed by atoms with Crippen LogP contribution in [0.4, 0.5) is 5.82 Å². The Morgan fingerprint density at radius 1 is 1.12 bits per heavy atom. The Morgan fingerprint density at radius 3 is 2.42 bits per heavy atom. The lowest BCUT2D eigenvalue weighted by atomic mass is 9.92. The molecule has 5 nitrogen and oxygen atoms in total. The average molecular weight is 401 g/mol. The average Bonchev–Trinajstić information content (AvgIpc) is 3.19. The van der Waals surface area contributed by atoms with Gasteiger partial charge in [-0.15, -0.1) is 24.8 Å². The number of likely N-dealkylation sites (tertiary alicyclic amines) is 1. The van der Waals surface area contributed by atoms with Gasteiger partial charge in [-0.25, -0.2) is 4.98 Å². The molecule has 1 N–H and O–H groups in total. The molecule has 7 heteroatoms. The van der Waals surface area contributed by atoms with E-state index in [1.807, 2.05) is 12.1 Å². The number of carbonyl (C=O) groups is 1. The van der Waals surface area contributed by atoms with E-state index in [1.54, 1.807) is 6.20 Å². The van der Waals surface area contributed by atoms with Gasteiger partial charge in [-0.3, -0.25) is 4.79 Å². The van der Waals surface area contributed by atoms with E-state index in [-0.39, 0.29) is 30.7 Å². The van der Waals surface area contributed by atoms with Gasteiger partial charge in [0, 0.05) is 37.9 Å². The molecule has 1 amide bonds. The molecule has 26 heavy (non-hydrogen) atoms. The number of aromatic nitrogens is 1. The minimum absolute atomic E-state index is 0. The summed E-state index contributed by atoms with van der Waals surface area (Å²) >= 11 is 0. The molecule has 0 spiro atoms. The monoisotopic (exact) mass is 400 g/mol. The highest BCUT2D eigenvalue weighted by molar-refractivity contribution is 5.94. The Kier molecular flexibility index (Phi) is 7.56. The normalized spacial score (nSPS) is 28.0. The number of nitrogens with zero attached hydrogens (tertiary/aromatic N) is 3. The Labute approximate surface area is 168 Å². The van der Waals surface area contributed by atoms with Crippen LogP contribution in [0.3, 0.4) is 0 Å². The van der Waals surface area contributed by atoms with Gasteiger partial charge >= 0.3 is 0 Å². The van der Waals surface area contributed by atoms with Crippen molar-refractivity contribution in [2.75, 3.05) is 44.2 Å². The van der Waals surface area contributed by atoms with E-state index in [4.69, 9.17) is 0 Å². The van der Waals surface area contributed by atoms with Crippen molar-refractivity contribution in [3.8, 4) is 0 Å². The smallest absolute Gasteiger partial charge is 0.254 e. The topological polar surface area (TPSA) is 48.5 Å². The number of anilines is 1. The van der Waals surface area contributed by atoms with Crippen molar-refractivity contribution in [3.63, 3.8) is 0 Å². The van der Waals surface area contributed by atoms with Gasteiger partial charge in [-0.2, -0.15) is 0 Å². The number of carbonyl (C=O) groups excluding carboxylic acids is 1. The maximum Gasteiger partial charge on any atom is 0.254 e. The third-order valence-corrected chi connectivity index (χ3v) is 6.05. The predicted octanol–water partition coefficient (Wildman–Crippen LogP) is 2.84. The molecular weight excluding hydrogens is 371 g/mol. The Hall–Kier alpha value is -1.04. The molecule has 3 aliphatic rings. The van der Waals surface area contributed by atoms with Crippen molar-refractivity contribution in [3.05, 3.63) is 23.9 Å². The van der Waals surface area contributed by atoms with Crippen molar-refractivity contribution in [2.45, 2.75) is 26.2 Å². The first-order valence-electron chi connectivity index (χ1n) is 9.41. The highest BCUT2D eigenvalue weighted by Gasteiger charge is 2.32. The summed E-state index contributed by atoms with van der Waals surface area (Å²) < 4.78 is 0. The molecule has 0 aliphatic carbocycles. The Balaban J connectivity index is 0.00000121. The number of nitrogens with one attached hydrogen (secondary N) is 1. The highest BCUT2D eigenvalue weighted by Crippen LogP contribution is 2.28. The molecular formula is C19H30Cl2N4O. The van der Waals surface area contributed by atoms with Crippen LogP contribution in [0.1, 0.15) is 36.5 Å². The molecule has 3 aliphatic heterocycles. The summed E-state index contributed by atoms with van der Waals surface area (Å²) in [6.45, 7) is 8.40. The molecule has 4 heterocycles. The van der Waals surface area contributed by atoms with Gasteiger partial charge < -0.3 is 15.1 Å². The minimum Gasteiger partial charge on any atom is -0.356 e. The van der Waals surface area contributed by atoms with Crippen molar-refractivity contribution in [1.82, 2.24) is 15.2 Å². The lowest BCUT2D eigenvalue weighted by Crippen LogP contribution is -2.33. The zero-order valence-corrected chi connectivity index (χ0v) is 17.0. The molecule has 0 bridgehead atoms. The zero-order valence-electron chi connectivity index (χ0n) is 15.4. The molecule has 4 rings (SSSR count). The quantitative estimate of drug-likeness (QED) is 0.828. The number of hydrogen-bond donors (Lipinski definition) is 1. The summed E-state index contributed by atoms with van der Waals surface area (Å²) in [5.41, 5.74) is 0.796. The van der Waals surface area contributed by atoms with E-state index in [0.29, 0.717) is 5.92 Å². The largest absolute Gasteiger partial charge is 0.356 e. The van der Waals surface area contributed by atoms with Gasteiger partial charge in [0.15, 0.2) is 0 Å². The van der Waals surface area contributed by atoms with Crippen LogP contribution in [0.15, 0.2) is 18.3 Å². The molecule has 0 aromatic carbocycles. The first kappa shape index (κ1) is 21.3. The first-order chi connectivity index (χ1) is 11.7. The third-order valence-electron chi connectivity index (χ3n) is 6.05. The number of halogens is 2. The van der Waals surface area contributed by atoms with Crippen LogP contribution in [0.25, 0.3) is 0 Å². The lowest BCUT2D eigenvalue weighted by Gasteiger charge is -2.22. The van der Waals surface area contributed by atoms with Crippen molar-refractivity contribution >= 4 is 36.5 Å². The van der Waals surface area contributed by atoms with Gasteiger partial charge in [-0.05, 0) is 62.2 Å². The summed E-state index contributed by atoms with van der Waals surface area (Å²) in [7, 11) is 0. The zero-order chi connectivity index (χ0) is 16.5. The molecule has 3 fully saturated rings. The fraction of sp³-hybridized carbons (Fsp3) is 0.684. The summed E-state index contributed by atoms with van der Waals surface area (Å²) in [6.07, 6.45) is 5.26. The fourth-order valence-corrected chi connectivity index (χ4v) is 4.47. The maximum absolute atomic E-state index is 13.0. The van der Waals surface area contributed by atoms with Gasteiger partial charge in [0.1, 0.15) is 5.82 Å². The van der Waals surface area contributed by atoms with E-state index < -0.39 is 0 Å². The second kappa shape index (κ2) is 9.25. The van der Waals surface area contributed by atoms with Crippen LogP contribution in [0.5, 0.6) is 0 Å². The van der Waals surface area contributed by atoms with Gasteiger partial charge in [0.2, 0.25) is 0 Å². The van der Waals surface area contributed by atoms with Crippen LogP contribution in [-0.4, -0.2) is 55.1 Å². The molecule has 146 valence electrons. The molecule has 1 aromatic heterocycles. The van der Waals surface area contributed by atoms with E-state index in [9.17, 15) is 4.79 Å². The van der Waals surface area contributed by atoms with Crippen molar-refractivity contribution in [1.29, 1.82) is 0 Å². The van der Waals surface area contributed by atoms with Gasteiger partial charge in [-0.1, -0.05) is 6.92 Å². The summed E-state index contributed by atoms with van der Waals surface area (Å²) in [5, 5.41) is 3.49. The predicted molar refractivity (Wildman–Crippen MR) is 110 cm³/mol. The SMILES string of the molecule is CC1CCN(c2cc(C(=O)N3CC[C@@H]4CNC[C@@H]4CC3)ccn2)C1.Cl.Cl. The number of amides is 1. The van der Waals surface area contributed by atoms with Crippen molar-refractivity contribution < 1.29 is 4.79 Å². The minimum atomic E-state index is 0. The molecule has 3 atom stereocenters. The second-order valence-corrected chi connectivity index (χ2v) is 7.79. The number of fused-ring (bicyclic) bond motifs is 1. The standard InChI is InChI=1S/C19H28N4O.2ClH/c1-14-3-7-23(13-14)18-10-15(2-6-21-18)19(24)22-8-4-16-11-20-12-17(16)5-9-22;;/h2,6,10,14,16-17,20H,3-5,7-9,11-13H2,1H3;2*1H/t14?,16-,17+;;. The fourth-order valence-electron chi connectivity index (χ4n) is 4.47. The van der Waals surface area contributed by atoms with E-state index >= 15 is 0 Å². The van der Waals surface area contributed by atoms with Crippen LogP contribution in [0.2, 0.25) is 0 Å². The molecule has 1 unspecified atom stereocenters.